The van der Waals surface area contributed by atoms with Gasteiger partial charge < -0.3 is 14.6 Å². The molecule has 1 atom stereocenters. The quantitative estimate of drug-likeness (QED) is 0.233. The molecule has 10 heteroatoms. The SMILES string of the molecule is Cc1cc(/C(O)=C2/C(=O)C(=O)N(c3ccc(OC(F)(F)F)cc3)C2c2ccccn2)ccc1OCC(C)C. The Morgan fingerprint density at radius 3 is 2.37 bits per heavy atom. The molecule has 38 heavy (non-hydrogen) atoms. The fourth-order valence-electron chi connectivity index (χ4n) is 4.10. The average molecular weight is 527 g/mol. The van der Waals surface area contributed by atoms with Crippen molar-refractivity contribution in [1.82, 2.24) is 4.98 Å². The highest BCUT2D eigenvalue weighted by atomic mass is 19.4. The number of amides is 1. The molecule has 0 spiro atoms. The molecule has 1 unspecified atom stereocenters. The first kappa shape index (κ1) is 26.7. The van der Waals surface area contributed by atoms with Crippen molar-refractivity contribution in [2.45, 2.75) is 33.2 Å². The van der Waals surface area contributed by atoms with Crippen molar-refractivity contribution in [1.29, 1.82) is 0 Å². The number of carbonyl (C=O) groups is 2. The van der Waals surface area contributed by atoms with Gasteiger partial charge in [-0.05, 0) is 73.0 Å². The molecular weight excluding hydrogens is 501 g/mol. The van der Waals surface area contributed by atoms with Crippen LogP contribution in [0.4, 0.5) is 18.9 Å². The number of aromatic nitrogens is 1. The van der Waals surface area contributed by atoms with E-state index in [4.69, 9.17) is 4.74 Å². The molecule has 198 valence electrons. The Hall–Kier alpha value is -4.34. The molecule has 1 saturated heterocycles. The molecule has 7 nitrogen and oxygen atoms in total. The number of ketones is 1. The molecule has 1 fully saturated rings. The third-order valence-corrected chi connectivity index (χ3v) is 5.78. The molecule has 1 aliphatic rings. The molecule has 0 saturated carbocycles. The monoisotopic (exact) mass is 526 g/mol. The maximum atomic E-state index is 13.2. The van der Waals surface area contributed by atoms with Gasteiger partial charge in [0.05, 0.1) is 17.9 Å². The lowest BCUT2D eigenvalue weighted by atomic mass is 9.97. The number of halogens is 3. The summed E-state index contributed by atoms with van der Waals surface area (Å²) >= 11 is 0. The minimum atomic E-state index is -4.88. The number of benzene rings is 2. The molecule has 0 aliphatic carbocycles. The van der Waals surface area contributed by atoms with Crippen molar-refractivity contribution in [3.63, 3.8) is 0 Å². The fraction of sp³-hybridized carbons (Fsp3) is 0.250. The van der Waals surface area contributed by atoms with Gasteiger partial charge in [0.1, 0.15) is 23.3 Å². The Bertz CT molecular complexity index is 1370. The Kier molecular flexibility index (Phi) is 7.43. The van der Waals surface area contributed by atoms with Crippen molar-refractivity contribution >= 4 is 23.1 Å². The van der Waals surface area contributed by atoms with Crippen LogP contribution in [0.2, 0.25) is 0 Å². The molecule has 1 N–H and O–H groups in total. The van der Waals surface area contributed by atoms with E-state index in [1.165, 1.54) is 18.3 Å². The number of rotatable bonds is 7. The third-order valence-electron chi connectivity index (χ3n) is 5.78. The van der Waals surface area contributed by atoms with Gasteiger partial charge in [0.2, 0.25) is 0 Å². The van der Waals surface area contributed by atoms with Crippen LogP contribution in [0.5, 0.6) is 11.5 Å². The normalized spacial score (nSPS) is 17.2. The Labute approximate surface area is 217 Å². The number of nitrogens with zero attached hydrogens (tertiary/aromatic N) is 2. The van der Waals surface area contributed by atoms with Gasteiger partial charge in [0.25, 0.3) is 11.7 Å². The van der Waals surface area contributed by atoms with Crippen LogP contribution >= 0.6 is 0 Å². The maximum absolute atomic E-state index is 13.2. The minimum absolute atomic E-state index is 0.130. The first-order valence-electron chi connectivity index (χ1n) is 11.8. The van der Waals surface area contributed by atoms with Gasteiger partial charge >= 0.3 is 6.36 Å². The van der Waals surface area contributed by atoms with Crippen LogP contribution in [-0.2, 0) is 9.59 Å². The fourth-order valence-corrected chi connectivity index (χ4v) is 4.10. The number of pyridine rings is 1. The van der Waals surface area contributed by atoms with Crippen LogP contribution in [0.3, 0.4) is 0 Å². The van der Waals surface area contributed by atoms with Crippen molar-refractivity contribution in [2.75, 3.05) is 11.5 Å². The van der Waals surface area contributed by atoms with Gasteiger partial charge in [0, 0.05) is 17.4 Å². The largest absolute Gasteiger partial charge is 0.573 e. The van der Waals surface area contributed by atoms with Crippen LogP contribution in [0, 0.1) is 12.8 Å². The number of aryl methyl sites for hydroxylation is 1. The molecule has 0 radical (unpaired) electrons. The number of anilines is 1. The highest BCUT2D eigenvalue weighted by Crippen LogP contribution is 2.42. The summed E-state index contributed by atoms with van der Waals surface area (Å²) in [6.45, 7) is 6.34. The summed E-state index contributed by atoms with van der Waals surface area (Å²) in [5.41, 5.74) is 1.24. The summed E-state index contributed by atoms with van der Waals surface area (Å²) in [7, 11) is 0. The van der Waals surface area contributed by atoms with Gasteiger partial charge in [-0.1, -0.05) is 19.9 Å². The summed E-state index contributed by atoms with van der Waals surface area (Å²) in [5, 5.41) is 11.3. The highest BCUT2D eigenvalue weighted by molar-refractivity contribution is 6.51. The predicted molar refractivity (Wildman–Crippen MR) is 134 cm³/mol. The zero-order chi connectivity index (χ0) is 27.6. The van der Waals surface area contributed by atoms with E-state index in [1.54, 1.807) is 43.3 Å². The van der Waals surface area contributed by atoms with Crippen LogP contribution in [0.25, 0.3) is 5.76 Å². The second kappa shape index (κ2) is 10.6. The van der Waals surface area contributed by atoms with Gasteiger partial charge in [-0.25, -0.2) is 0 Å². The van der Waals surface area contributed by atoms with Gasteiger partial charge in [-0.3, -0.25) is 19.5 Å². The third kappa shape index (κ3) is 5.64. The van der Waals surface area contributed by atoms with E-state index in [-0.39, 0.29) is 17.0 Å². The van der Waals surface area contributed by atoms with Gasteiger partial charge in [-0.2, -0.15) is 0 Å². The van der Waals surface area contributed by atoms with Crippen molar-refractivity contribution in [2.24, 2.45) is 5.92 Å². The number of hydrogen-bond donors (Lipinski definition) is 1. The molecule has 1 aliphatic heterocycles. The lowest BCUT2D eigenvalue weighted by molar-refractivity contribution is -0.274. The van der Waals surface area contributed by atoms with E-state index in [1.807, 2.05) is 13.8 Å². The average Bonchev–Trinajstić information content (AvgIpc) is 3.13. The van der Waals surface area contributed by atoms with E-state index >= 15 is 0 Å². The molecule has 0 bridgehead atoms. The number of alkyl halides is 3. The summed E-state index contributed by atoms with van der Waals surface area (Å²) in [4.78, 5) is 31.8. The molecule has 2 aromatic carbocycles. The van der Waals surface area contributed by atoms with E-state index in [0.29, 0.717) is 23.8 Å². The van der Waals surface area contributed by atoms with Crippen LogP contribution in [0.15, 0.2) is 72.4 Å². The minimum Gasteiger partial charge on any atom is -0.507 e. The van der Waals surface area contributed by atoms with E-state index in [2.05, 4.69) is 9.72 Å². The summed E-state index contributed by atoms with van der Waals surface area (Å²) < 4.78 is 47.5. The summed E-state index contributed by atoms with van der Waals surface area (Å²) in [5.74, 6) is -1.87. The van der Waals surface area contributed by atoms with E-state index in [0.717, 1.165) is 22.6 Å². The topological polar surface area (TPSA) is 89.0 Å². The summed E-state index contributed by atoms with van der Waals surface area (Å²) in [6.07, 6.45) is -3.41. The van der Waals surface area contributed by atoms with E-state index in [9.17, 15) is 27.9 Å². The lowest BCUT2D eigenvalue weighted by Crippen LogP contribution is -2.29. The maximum Gasteiger partial charge on any atom is 0.573 e. The van der Waals surface area contributed by atoms with Crippen molar-refractivity contribution in [3.8, 4) is 11.5 Å². The summed E-state index contributed by atoms with van der Waals surface area (Å²) in [6, 6.07) is 13.2. The predicted octanol–water partition coefficient (Wildman–Crippen LogP) is 5.95. The van der Waals surface area contributed by atoms with Gasteiger partial charge in [-0.15, -0.1) is 13.2 Å². The number of Topliss-reactive ketones (excluding diaryl/α,β-unsaturated/α-hetero) is 1. The smallest absolute Gasteiger partial charge is 0.507 e. The molecule has 2 heterocycles. The zero-order valence-corrected chi connectivity index (χ0v) is 20.8. The molecular formula is C28H25F3N2O5. The van der Waals surface area contributed by atoms with E-state index < -0.39 is 35.6 Å². The van der Waals surface area contributed by atoms with Crippen molar-refractivity contribution in [3.05, 3.63) is 89.3 Å². The number of carbonyl (C=O) groups excluding carboxylic acids is 2. The number of hydrogen-bond acceptors (Lipinski definition) is 6. The standard InChI is InChI=1S/C28H25F3N2O5/c1-16(2)15-37-22-12-7-18(14-17(22)3)25(34)23-24(21-6-4-5-13-32-21)33(27(36)26(23)35)19-8-10-20(11-9-19)38-28(29,30)31/h4-14,16,24,34H,15H2,1-3H3/b25-23-. The van der Waals surface area contributed by atoms with Crippen LogP contribution < -0.4 is 14.4 Å². The van der Waals surface area contributed by atoms with Crippen molar-refractivity contribution < 1.29 is 37.3 Å². The number of aliphatic hydroxyl groups excluding tert-OH is 1. The van der Waals surface area contributed by atoms with Gasteiger partial charge in [0.15, 0.2) is 0 Å². The zero-order valence-electron chi connectivity index (χ0n) is 20.8. The van der Waals surface area contributed by atoms with Crippen LogP contribution in [-0.4, -0.2) is 34.8 Å². The Morgan fingerprint density at radius 2 is 1.79 bits per heavy atom. The first-order chi connectivity index (χ1) is 18.0. The van der Waals surface area contributed by atoms with Crippen LogP contribution in [0.1, 0.15) is 36.7 Å². The Balaban J connectivity index is 1.78. The molecule has 3 aromatic rings. The molecule has 1 amide bonds. The lowest BCUT2D eigenvalue weighted by Gasteiger charge is -2.25. The molecule has 1 aromatic heterocycles. The molecule has 4 rings (SSSR count). The Morgan fingerprint density at radius 1 is 1.08 bits per heavy atom. The number of ether oxygens (including phenoxy) is 2. The second-order valence-corrected chi connectivity index (χ2v) is 9.15. The first-order valence-corrected chi connectivity index (χ1v) is 11.8. The highest BCUT2D eigenvalue weighted by Gasteiger charge is 2.47. The second-order valence-electron chi connectivity index (χ2n) is 9.15. The number of aliphatic hydroxyl groups is 1.